The molecule has 1 saturated heterocycles. The molecule has 0 aromatic heterocycles. The van der Waals surface area contributed by atoms with Crippen molar-refractivity contribution in [1.29, 1.82) is 0 Å². The van der Waals surface area contributed by atoms with E-state index in [9.17, 15) is 8.78 Å². The molecule has 0 N–H and O–H groups in total. The highest BCUT2D eigenvalue weighted by Gasteiger charge is 2.43. The first-order chi connectivity index (χ1) is 6.01. The van der Waals surface area contributed by atoms with Gasteiger partial charge in [-0.15, -0.1) is 0 Å². The molecule has 1 rings (SSSR count). The van der Waals surface area contributed by atoms with Crippen LogP contribution in [0.25, 0.3) is 0 Å². The fourth-order valence-electron chi connectivity index (χ4n) is 0.782. The number of hydrogen-bond acceptors (Lipinski definition) is 1. The van der Waals surface area contributed by atoms with Gasteiger partial charge in [0, 0.05) is 5.70 Å². The van der Waals surface area contributed by atoms with Crippen LogP contribution in [0.2, 0.25) is 0 Å². The molecule has 1 aliphatic rings. The minimum atomic E-state index is -2.46. The standard InChI is InChI=1S/C6H9F2N.2C2H6/c1-5(2)9-3-6(7,8)4-9;2*1-2/h1,3-4H2,2H3;2*1-2H3. The monoisotopic (exact) mass is 193 g/mol. The lowest BCUT2D eigenvalue weighted by Crippen LogP contribution is -2.54. The molecule has 0 spiro atoms. The smallest absolute Gasteiger partial charge is 0.282 e. The molecule has 1 nitrogen and oxygen atoms in total. The van der Waals surface area contributed by atoms with Crippen LogP contribution in [0, 0.1) is 0 Å². The van der Waals surface area contributed by atoms with E-state index in [1.165, 1.54) is 0 Å². The quantitative estimate of drug-likeness (QED) is 0.616. The van der Waals surface area contributed by atoms with Gasteiger partial charge in [-0.3, -0.25) is 0 Å². The number of halogens is 2. The summed E-state index contributed by atoms with van der Waals surface area (Å²) in [7, 11) is 0. The molecule has 13 heavy (non-hydrogen) atoms. The second-order valence-corrected chi connectivity index (χ2v) is 2.45. The van der Waals surface area contributed by atoms with Crippen LogP contribution in [0.15, 0.2) is 12.3 Å². The van der Waals surface area contributed by atoms with E-state index in [1.807, 2.05) is 27.7 Å². The number of rotatable bonds is 1. The van der Waals surface area contributed by atoms with Crippen LogP contribution >= 0.6 is 0 Å². The lowest BCUT2D eigenvalue weighted by atomic mass is 10.1. The van der Waals surface area contributed by atoms with Crippen molar-refractivity contribution in [2.75, 3.05) is 13.1 Å². The number of allylic oxidation sites excluding steroid dienone is 1. The number of nitrogens with zero attached hydrogens (tertiary/aromatic N) is 1. The van der Waals surface area contributed by atoms with E-state index in [2.05, 4.69) is 6.58 Å². The van der Waals surface area contributed by atoms with Crippen LogP contribution in [0.5, 0.6) is 0 Å². The number of likely N-dealkylation sites (tertiary alicyclic amines) is 1. The van der Waals surface area contributed by atoms with Crippen LogP contribution in [0.3, 0.4) is 0 Å². The predicted molar refractivity (Wildman–Crippen MR) is 54.0 cm³/mol. The fourth-order valence-corrected chi connectivity index (χ4v) is 0.782. The first kappa shape index (κ1) is 14.9. The number of hydrogen-bond donors (Lipinski definition) is 0. The van der Waals surface area contributed by atoms with Gasteiger partial charge in [-0.25, -0.2) is 8.78 Å². The van der Waals surface area contributed by atoms with Gasteiger partial charge >= 0.3 is 0 Å². The topological polar surface area (TPSA) is 3.24 Å². The predicted octanol–water partition coefficient (Wildman–Crippen LogP) is 3.52. The van der Waals surface area contributed by atoms with Crippen molar-refractivity contribution in [1.82, 2.24) is 4.90 Å². The maximum absolute atomic E-state index is 12.1. The molecule has 0 saturated carbocycles. The van der Waals surface area contributed by atoms with Gasteiger partial charge < -0.3 is 4.90 Å². The molecule has 0 atom stereocenters. The fraction of sp³-hybridized carbons (Fsp3) is 0.800. The van der Waals surface area contributed by atoms with Crippen molar-refractivity contribution in [2.24, 2.45) is 0 Å². The summed E-state index contributed by atoms with van der Waals surface area (Å²) >= 11 is 0. The molecular weight excluding hydrogens is 172 g/mol. The second-order valence-electron chi connectivity index (χ2n) is 2.45. The minimum Gasteiger partial charge on any atom is -0.363 e. The molecule has 80 valence electrons. The molecule has 1 fully saturated rings. The molecule has 0 unspecified atom stereocenters. The molecule has 0 aromatic carbocycles. The Morgan fingerprint density at radius 2 is 1.46 bits per heavy atom. The molecule has 0 aromatic rings. The van der Waals surface area contributed by atoms with Crippen molar-refractivity contribution in [3.05, 3.63) is 12.3 Å². The third-order valence-electron chi connectivity index (χ3n) is 1.38. The van der Waals surface area contributed by atoms with Crippen molar-refractivity contribution in [3.63, 3.8) is 0 Å². The molecular formula is C10H21F2N. The van der Waals surface area contributed by atoms with Crippen LogP contribution in [0.1, 0.15) is 34.6 Å². The Kier molecular flexibility index (Phi) is 7.87. The van der Waals surface area contributed by atoms with E-state index in [4.69, 9.17) is 0 Å². The van der Waals surface area contributed by atoms with Crippen molar-refractivity contribution < 1.29 is 8.78 Å². The summed E-state index contributed by atoms with van der Waals surface area (Å²) < 4.78 is 24.1. The van der Waals surface area contributed by atoms with Gasteiger partial charge in [-0.2, -0.15) is 0 Å². The Balaban J connectivity index is 0. The summed E-state index contributed by atoms with van der Waals surface area (Å²) in [5.74, 6) is -2.46. The first-order valence-electron chi connectivity index (χ1n) is 4.79. The normalized spacial score (nSPS) is 17.0. The first-order valence-corrected chi connectivity index (χ1v) is 4.79. The zero-order chi connectivity index (χ0) is 11.1. The van der Waals surface area contributed by atoms with Crippen molar-refractivity contribution >= 4 is 0 Å². The van der Waals surface area contributed by atoms with Crippen LogP contribution < -0.4 is 0 Å². The van der Waals surface area contributed by atoms with Gasteiger partial charge in [-0.1, -0.05) is 34.3 Å². The lowest BCUT2D eigenvalue weighted by Gasteiger charge is -2.40. The Morgan fingerprint density at radius 3 is 1.54 bits per heavy atom. The van der Waals surface area contributed by atoms with Gasteiger partial charge in [0.25, 0.3) is 5.92 Å². The Morgan fingerprint density at radius 1 is 1.15 bits per heavy atom. The molecule has 0 aliphatic carbocycles. The van der Waals surface area contributed by atoms with Gasteiger partial charge in [0.05, 0.1) is 13.1 Å². The molecule has 1 heterocycles. The number of alkyl halides is 2. The molecule has 3 heteroatoms. The lowest BCUT2D eigenvalue weighted by molar-refractivity contribution is -0.115. The van der Waals surface area contributed by atoms with E-state index in [0.717, 1.165) is 5.70 Å². The summed E-state index contributed by atoms with van der Waals surface area (Å²) in [6, 6.07) is 0. The SMILES string of the molecule is C=C(C)N1CC(F)(F)C1.CC.CC. The third-order valence-corrected chi connectivity index (χ3v) is 1.38. The van der Waals surface area contributed by atoms with Crippen LogP contribution in [-0.2, 0) is 0 Å². The van der Waals surface area contributed by atoms with Gasteiger partial charge in [-0.05, 0) is 6.92 Å². The maximum atomic E-state index is 12.1. The van der Waals surface area contributed by atoms with E-state index < -0.39 is 5.92 Å². The van der Waals surface area contributed by atoms with Gasteiger partial charge in [0.1, 0.15) is 0 Å². The van der Waals surface area contributed by atoms with Crippen molar-refractivity contribution in [2.45, 2.75) is 40.5 Å². The van der Waals surface area contributed by atoms with E-state index in [0.29, 0.717) is 0 Å². The molecule has 1 aliphatic heterocycles. The van der Waals surface area contributed by atoms with E-state index in [1.54, 1.807) is 11.8 Å². The molecule has 0 radical (unpaired) electrons. The summed E-state index contributed by atoms with van der Waals surface area (Å²) in [5.41, 5.74) is 0.723. The Labute approximate surface area is 80.4 Å². The molecule has 0 amide bonds. The Bertz CT molecular complexity index is 136. The zero-order valence-corrected chi connectivity index (χ0v) is 9.32. The van der Waals surface area contributed by atoms with Gasteiger partial charge in [0.15, 0.2) is 0 Å². The second kappa shape index (κ2) is 6.87. The van der Waals surface area contributed by atoms with Crippen LogP contribution in [-0.4, -0.2) is 23.9 Å². The highest BCUT2D eigenvalue weighted by atomic mass is 19.3. The highest BCUT2D eigenvalue weighted by molar-refractivity contribution is 5.00. The summed E-state index contributed by atoms with van der Waals surface area (Å²) in [4.78, 5) is 1.56. The summed E-state index contributed by atoms with van der Waals surface area (Å²) in [5, 5.41) is 0. The van der Waals surface area contributed by atoms with Gasteiger partial charge in [0.2, 0.25) is 0 Å². The third kappa shape index (κ3) is 5.61. The summed E-state index contributed by atoms with van der Waals surface area (Å²) in [6.45, 7) is 13.0. The zero-order valence-electron chi connectivity index (χ0n) is 9.32. The van der Waals surface area contributed by atoms with E-state index in [-0.39, 0.29) is 13.1 Å². The largest absolute Gasteiger partial charge is 0.363 e. The highest BCUT2D eigenvalue weighted by Crippen LogP contribution is 2.28. The van der Waals surface area contributed by atoms with Crippen molar-refractivity contribution in [3.8, 4) is 0 Å². The minimum absolute atomic E-state index is 0.150. The average molecular weight is 193 g/mol. The Hall–Kier alpha value is -0.600. The summed E-state index contributed by atoms with van der Waals surface area (Å²) in [6.07, 6.45) is 0. The average Bonchev–Trinajstić information content (AvgIpc) is 2.07. The maximum Gasteiger partial charge on any atom is 0.282 e. The van der Waals surface area contributed by atoms with Crippen LogP contribution in [0.4, 0.5) is 8.78 Å². The molecule has 0 bridgehead atoms. The van der Waals surface area contributed by atoms with E-state index >= 15 is 0 Å².